The van der Waals surface area contributed by atoms with Crippen molar-refractivity contribution in [1.29, 1.82) is 0 Å². The zero-order chi connectivity index (χ0) is 14.1. The van der Waals surface area contributed by atoms with E-state index in [2.05, 4.69) is 25.9 Å². The van der Waals surface area contributed by atoms with E-state index in [-0.39, 0.29) is 5.56 Å². The van der Waals surface area contributed by atoms with Crippen LogP contribution < -0.4 is 5.56 Å². The first-order valence-electron chi connectivity index (χ1n) is 6.72. The minimum absolute atomic E-state index is 0.0223. The van der Waals surface area contributed by atoms with Crippen LogP contribution in [-0.4, -0.2) is 9.97 Å². The van der Waals surface area contributed by atoms with Crippen LogP contribution in [0.2, 0.25) is 5.02 Å². The molecule has 104 valence electrons. The first kappa shape index (κ1) is 13.8. The summed E-state index contributed by atoms with van der Waals surface area (Å²) in [6.45, 7) is 0. The maximum Gasteiger partial charge on any atom is 0.254 e. The van der Waals surface area contributed by atoms with Gasteiger partial charge in [-0.1, -0.05) is 34.0 Å². The number of fused-ring (bicyclic) bond motifs is 1. The van der Waals surface area contributed by atoms with Crippen molar-refractivity contribution in [3.8, 4) is 11.4 Å². The van der Waals surface area contributed by atoms with Gasteiger partial charge < -0.3 is 4.98 Å². The Bertz CT molecular complexity index is 712. The first-order chi connectivity index (χ1) is 9.65. The molecule has 0 atom stereocenters. The minimum Gasteiger partial charge on any atom is -0.306 e. The van der Waals surface area contributed by atoms with Gasteiger partial charge in [-0.3, -0.25) is 4.79 Å². The third-order valence-electron chi connectivity index (χ3n) is 3.63. The lowest BCUT2D eigenvalue weighted by Crippen LogP contribution is -2.18. The van der Waals surface area contributed by atoms with Crippen molar-refractivity contribution in [3.63, 3.8) is 0 Å². The lowest BCUT2D eigenvalue weighted by atomic mass is 10.1. The van der Waals surface area contributed by atoms with Gasteiger partial charge in [-0.25, -0.2) is 4.98 Å². The van der Waals surface area contributed by atoms with E-state index >= 15 is 0 Å². The number of rotatable bonds is 1. The highest BCUT2D eigenvalue weighted by Gasteiger charge is 2.16. The fraction of sp³-hybridized carbons (Fsp3) is 0.333. The highest BCUT2D eigenvalue weighted by Crippen LogP contribution is 2.28. The molecule has 1 aromatic carbocycles. The molecule has 1 heterocycles. The number of aromatic amines is 1. The number of halogens is 2. The Kier molecular flexibility index (Phi) is 3.94. The molecular weight excluding hydrogens is 340 g/mol. The highest BCUT2D eigenvalue weighted by atomic mass is 79.9. The first-order valence-corrected chi connectivity index (χ1v) is 7.90. The molecular formula is C15H14BrClN2O. The number of hydrogen-bond acceptors (Lipinski definition) is 2. The summed E-state index contributed by atoms with van der Waals surface area (Å²) in [5.41, 5.74) is 2.52. The van der Waals surface area contributed by atoms with Gasteiger partial charge in [-0.05, 0) is 43.9 Å². The maximum absolute atomic E-state index is 12.2. The van der Waals surface area contributed by atoms with Gasteiger partial charge in [0.25, 0.3) is 5.56 Å². The molecule has 0 aliphatic heterocycles. The van der Waals surface area contributed by atoms with Crippen LogP contribution >= 0.6 is 27.5 Å². The summed E-state index contributed by atoms with van der Waals surface area (Å²) in [5, 5.41) is 0.580. The van der Waals surface area contributed by atoms with E-state index in [0.717, 1.165) is 53.4 Å². The number of nitrogens with zero attached hydrogens (tertiary/aromatic N) is 1. The van der Waals surface area contributed by atoms with Crippen molar-refractivity contribution in [2.24, 2.45) is 0 Å². The second-order valence-electron chi connectivity index (χ2n) is 5.02. The van der Waals surface area contributed by atoms with Gasteiger partial charge in [-0.2, -0.15) is 0 Å². The molecule has 1 aliphatic rings. The Morgan fingerprint density at radius 1 is 1.20 bits per heavy atom. The second-order valence-corrected chi connectivity index (χ2v) is 6.35. The van der Waals surface area contributed by atoms with Crippen molar-refractivity contribution in [2.75, 3.05) is 0 Å². The zero-order valence-corrected chi connectivity index (χ0v) is 13.2. The normalized spacial score (nSPS) is 14.7. The van der Waals surface area contributed by atoms with Gasteiger partial charge in [0.15, 0.2) is 0 Å². The summed E-state index contributed by atoms with van der Waals surface area (Å²) in [6.07, 6.45) is 5.02. The number of aromatic nitrogens is 2. The molecule has 3 rings (SSSR count). The SMILES string of the molecule is O=c1[nH]c(-c2ccc(Br)cc2Cl)nc2c1CCCCC2. The van der Waals surface area contributed by atoms with Crippen molar-refractivity contribution in [1.82, 2.24) is 9.97 Å². The van der Waals surface area contributed by atoms with Gasteiger partial charge in [-0.15, -0.1) is 0 Å². The summed E-state index contributed by atoms with van der Waals surface area (Å²) in [5.74, 6) is 0.563. The summed E-state index contributed by atoms with van der Waals surface area (Å²) >= 11 is 9.62. The highest BCUT2D eigenvalue weighted by molar-refractivity contribution is 9.10. The topological polar surface area (TPSA) is 45.8 Å². The van der Waals surface area contributed by atoms with Gasteiger partial charge in [0, 0.05) is 15.6 Å². The van der Waals surface area contributed by atoms with Crippen LogP contribution in [0.3, 0.4) is 0 Å². The molecule has 0 saturated carbocycles. The Hall–Kier alpha value is -1.13. The molecule has 1 aromatic heterocycles. The Labute approximate surface area is 130 Å². The van der Waals surface area contributed by atoms with E-state index in [1.54, 1.807) is 0 Å². The molecule has 0 fully saturated rings. The third kappa shape index (κ3) is 2.67. The van der Waals surface area contributed by atoms with E-state index < -0.39 is 0 Å². The monoisotopic (exact) mass is 352 g/mol. The van der Waals surface area contributed by atoms with Crippen molar-refractivity contribution in [2.45, 2.75) is 32.1 Å². The van der Waals surface area contributed by atoms with E-state index in [1.807, 2.05) is 18.2 Å². The van der Waals surface area contributed by atoms with Crippen LogP contribution in [0.5, 0.6) is 0 Å². The smallest absolute Gasteiger partial charge is 0.254 e. The summed E-state index contributed by atoms with van der Waals surface area (Å²) < 4.78 is 0.906. The average molecular weight is 354 g/mol. The second kappa shape index (κ2) is 5.70. The molecule has 3 nitrogen and oxygen atoms in total. The molecule has 0 saturated heterocycles. The Balaban J connectivity index is 2.13. The number of benzene rings is 1. The predicted molar refractivity (Wildman–Crippen MR) is 84.3 cm³/mol. The van der Waals surface area contributed by atoms with Gasteiger partial charge in [0.1, 0.15) is 5.82 Å². The number of hydrogen-bond donors (Lipinski definition) is 1. The zero-order valence-electron chi connectivity index (χ0n) is 10.9. The van der Waals surface area contributed by atoms with Crippen molar-refractivity contribution < 1.29 is 0 Å². The molecule has 0 radical (unpaired) electrons. The fourth-order valence-corrected chi connectivity index (χ4v) is 3.35. The van der Waals surface area contributed by atoms with E-state index in [9.17, 15) is 4.79 Å². The molecule has 0 unspecified atom stereocenters. The number of nitrogens with one attached hydrogen (secondary N) is 1. The van der Waals surface area contributed by atoms with Gasteiger partial charge >= 0.3 is 0 Å². The molecule has 0 bridgehead atoms. The lowest BCUT2D eigenvalue weighted by molar-refractivity contribution is 0.708. The number of H-pyrrole nitrogens is 1. The molecule has 1 N–H and O–H groups in total. The molecule has 0 spiro atoms. The van der Waals surface area contributed by atoms with E-state index in [4.69, 9.17) is 11.6 Å². The van der Waals surface area contributed by atoms with Gasteiger partial charge in [0.05, 0.1) is 10.7 Å². The van der Waals surface area contributed by atoms with Crippen LogP contribution in [0.15, 0.2) is 27.5 Å². The largest absolute Gasteiger partial charge is 0.306 e. The summed E-state index contributed by atoms with van der Waals surface area (Å²) in [6, 6.07) is 5.57. The Morgan fingerprint density at radius 2 is 2.00 bits per heavy atom. The average Bonchev–Trinajstić information content (AvgIpc) is 2.64. The quantitative estimate of drug-likeness (QED) is 0.784. The summed E-state index contributed by atoms with van der Waals surface area (Å²) in [4.78, 5) is 19.8. The molecule has 5 heteroatoms. The molecule has 20 heavy (non-hydrogen) atoms. The number of aryl methyl sites for hydroxylation is 1. The predicted octanol–water partition coefficient (Wildman–Crippen LogP) is 4.12. The minimum atomic E-state index is -0.0223. The molecule has 2 aromatic rings. The van der Waals surface area contributed by atoms with Crippen LogP contribution in [0.25, 0.3) is 11.4 Å². The van der Waals surface area contributed by atoms with E-state index in [0.29, 0.717) is 10.8 Å². The van der Waals surface area contributed by atoms with Gasteiger partial charge in [0.2, 0.25) is 0 Å². The standard InChI is InChI=1S/C15H14BrClN2O/c16-9-6-7-10(12(17)8-9)14-18-13-5-3-1-2-4-11(13)15(20)19-14/h6-8H,1-5H2,(H,18,19,20). The van der Waals surface area contributed by atoms with Crippen LogP contribution in [0.1, 0.15) is 30.5 Å². The van der Waals surface area contributed by atoms with Crippen molar-refractivity contribution in [3.05, 3.63) is 49.3 Å². The fourth-order valence-electron chi connectivity index (χ4n) is 2.59. The maximum atomic E-state index is 12.2. The molecule has 0 amide bonds. The lowest BCUT2D eigenvalue weighted by Gasteiger charge is -2.09. The third-order valence-corrected chi connectivity index (χ3v) is 4.43. The van der Waals surface area contributed by atoms with E-state index in [1.165, 1.54) is 0 Å². The Morgan fingerprint density at radius 3 is 2.80 bits per heavy atom. The molecule has 1 aliphatic carbocycles. The summed E-state index contributed by atoms with van der Waals surface area (Å²) in [7, 11) is 0. The van der Waals surface area contributed by atoms with Crippen LogP contribution in [0, 0.1) is 0 Å². The van der Waals surface area contributed by atoms with Crippen molar-refractivity contribution >= 4 is 27.5 Å². The van der Waals surface area contributed by atoms with Crippen LogP contribution in [0.4, 0.5) is 0 Å². The van der Waals surface area contributed by atoms with Crippen LogP contribution in [-0.2, 0) is 12.8 Å².